The number of carboxylic acid groups (broad SMARTS) is 1. The van der Waals surface area contributed by atoms with Crippen molar-refractivity contribution in [3.63, 3.8) is 0 Å². The van der Waals surface area contributed by atoms with E-state index in [9.17, 15) is 4.79 Å². The Morgan fingerprint density at radius 1 is 1.40 bits per heavy atom. The highest BCUT2D eigenvalue weighted by Crippen LogP contribution is 2.31. The normalized spacial score (nSPS) is 11.1. The molecular weight excluding hydrogens is 270 g/mol. The molecular formula is C16H17NO2S. The topological polar surface area (TPSA) is 50.2 Å². The van der Waals surface area contributed by atoms with Gasteiger partial charge in [-0.15, -0.1) is 11.3 Å². The van der Waals surface area contributed by atoms with Gasteiger partial charge in [0.1, 0.15) is 5.01 Å². The molecule has 0 bridgehead atoms. The van der Waals surface area contributed by atoms with Crippen LogP contribution in [0.15, 0.2) is 30.3 Å². The van der Waals surface area contributed by atoms with Crippen LogP contribution in [0.25, 0.3) is 16.6 Å². The lowest BCUT2D eigenvalue weighted by Gasteiger charge is -2.00. The second kappa shape index (κ2) is 6.48. The predicted molar refractivity (Wildman–Crippen MR) is 83.0 cm³/mol. The molecule has 0 spiro atoms. The van der Waals surface area contributed by atoms with Gasteiger partial charge in [-0.3, -0.25) is 0 Å². The van der Waals surface area contributed by atoms with Crippen LogP contribution in [-0.4, -0.2) is 16.1 Å². The predicted octanol–water partition coefficient (Wildman–Crippen LogP) is 4.17. The number of hydrogen-bond acceptors (Lipinski definition) is 3. The van der Waals surface area contributed by atoms with E-state index in [1.807, 2.05) is 12.1 Å². The molecule has 1 aromatic carbocycles. The molecule has 0 aliphatic heterocycles. The molecule has 2 rings (SSSR count). The summed E-state index contributed by atoms with van der Waals surface area (Å²) in [5.74, 6) is -0.932. The van der Waals surface area contributed by atoms with Crippen LogP contribution in [0, 0.1) is 6.92 Å². The van der Waals surface area contributed by atoms with Crippen LogP contribution < -0.4 is 0 Å². The molecule has 104 valence electrons. The van der Waals surface area contributed by atoms with Crippen molar-refractivity contribution in [1.82, 2.24) is 4.98 Å². The number of nitrogens with zero attached hydrogens (tertiary/aromatic N) is 1. The number of thiazole rings is 1. The molecule has 1 aromatic heterocycles. The van der Waals surface area contributed by atoms with Gasteiger partial charge in [0.25, 0.3) is 0 Å². The molecule has 4 heteroatoms. The van der Waals surface area contributed by atoms with Crippen LogP contribution in [0.5, 0.6) is 0 Å². The minimum absolute atomic E-state index is 0.863. The van der Waals surface area contributed by atoms with Crippen LogP contribution in [0.1, 0.15) is 29.5 Å². The van der Waals surface area contributed by atoms with Gasteiger partial charge >= 0.3 is 5.97 Å². The van der Waals surface area contributed by atoms with E-state index < -0.39 is 5.97 Å². The number of benzene rings is 1. The Balaban J connectivity index is 2.44. The molecule has 1 N–H and O–H groups in total. The maximum Gasteiger partial charge on any atom is 0.328 e. The Kier molecular flexibility index (Phi) is 4.69. The summed E-state index contributed by atoms with van der Waals surface area (Å²) in [6.07, 6.45) is 4.67. The Morgan fingerprint density at radius 2 is 2.15 bits per heavy atom. The zero-order chi connectivity index (χ0) is 14.5. The number of aromatic nitrogens is 1. The van der Waals surface area contributed by atoms with E-state index in [1.165, 1.54) is 11.6 Å². The summed E-state index contributed by atoms with van der Waals surface area (Å²) in [7, 11) is 0. The van der Waals surface area contributed by atoms with Gasteiger partial charge in [0, 0.05) is 11.6 Å². The van der Waals surface area contributed by atoms with Gasteiger partial charge in [0.2, 0.25) is 0 Å². The first-order valence-corrected chi connectivity index (χ1v) is 7.40. The van der Waals surface area contributed by atoms with E-state index in [0.29, 0.717) is 0 Å². The summed E-state index contributed by atoms with van der Waals surface area (Å²) in [6, 6.07) is 8.11. The van der Waals surface area contributed by atoms with E-state index >= 15 is 0 Å². The second-order valence-corrected chi connectivity index (χ2v) is 5.60. The van der Waals surface area contributed by atoms with Crippen molar-refractivity contribution < 1.29 is 9.90 Å². The third-order valence-corrected chi connectivity index (χ3v) is 4.06. The van der Waals surface area contributed by atoms with E-state index in [-0.39, 0.29) is 0 Å². The molecule has 0 radical (unpaired) electrons. The number of hydrogen-bond donors (Lipinski definition) is 1. The summed E-state index contributed by atoms with van der Waals surface area (Å²) >= 11 is 1.55. The van der Waals surface area contributed by atoms with Crippen molar-refractivity contribution in [3.8, 4) is 10.6 Å². The second-order valence-electron chi connectivity index (χ2n) is 4.57. The lowest BCUT2D eigenvalue weighted by molar-refractivity contribution is -0.131. The highest BCUT2D eigenvalue weighted by molar-refractivity contribution is 7.16. The average molecular weight is 287 g/mol. The SMILES string of the molecule is CCCc1nc(-c2ccccc2C)sc1/C=C/C(=O)O. The highest BCUT2D eigenvalue weighted by Gasteiger charge is 2.11. The van der Waals surface area contributed by atoms with E-state index in [1.54, 1.807) is 17.4 Å². The summed E-state index contributed by atoms with van der Waals surface area (Å²) in [6.45, 7) is 4.15. The molecule has 0 aliphatic rings. The maximum atomic E-state index is 10.7. The molecule has 0 amide bonds. The van der Waals surface area contributed by atoms with Gasteiger partial charge in [-0.25, -0.2) is 9.78 Å². The molecule has 0 unspecified atom stereocenters. The minimum Gasteiger partial charge on any atom is -0.478 e. The number of aryl methyl sites for hydroxylation is 2. The molecule has 0 saturated heterocycles. The van der Waals surface area contributed by atoms with E-state index in [2.05, 4.69) is 31.0 Å². The summed E-state index contributed by atoms with van der Waals surface area (Å²) in [5.41, 5.74) is 3.27. The van der Waals surface area contributed by atoms with Gasteiger partial charge in [-0.1, -0.05) is 37.6 Å². The Morgan fingerprint density at radius 3 is 2.80 bits per heavy atom. The maximum absolute atomic E-state index is 10.7. The molecule has 0 saturated carbocycles. The van der Waals surface area contributed by atoms with Gasteiger partial charge < -0.3 is 5.11 Å². The van der Waals surface area contributed by atoms with Crippen molar-refractivity contribution >= 4 is 23.4 Å². The summed E-state index contributed by atoms with van der Waals surface area (Å²) < 4.78 is 0. The fourth-order valence-electron chi connectivity index (χ4n) is 1.98. The van der Waals surface area contributed by atoms with Crippen molar-refractivity contribution in [2.45, 2.75) is 26.7 Å². The summed E-state index contributed by atoms with van der Waals surface area (Å²) in [5, 5.41) is 9.72. The van der Waals surface area contributed by atoms with Crippen LogP contribution in [0.3, 0.4) is 0 Å². The highest BCUT2D eigenvalue weighted by atomic mass is 32.1. The van der Waals surface area contributed by atoms with Gasteiger partial charge in [-0.2, -0.15) is 0 Å². The van der Waals surface area contributed by atoms with Crippen LogP contribution in [0.2, 0.25) is 0 Å². The Labute approximate surface area is 122 Å². The lowest BCUT2D eigenvalue weighted by atomic mass is 10.1. The average Bonchev–Trinajstić information content (AvgIpc) is 2.80. The van der Waals surface area contributed by atoms with E-state index in [4.69, 9.17) is 5.11 Å². The molecule has 0 aliphatic carbocycles. The Bertz CT molecular complexity index is 644. The largest absolute Gasteiger partial charge is 0.478 e. The smallest absolute Gasteiger partial charge is 0.328 e. The quantitative estimate of drug-likeness (QED) is 0.840. The van der Waals surface area contributed by atoms with Crippen molar-refractivity contribution in [3.05, 3.63) is 46.5 Å². The monoisotopic (exact) mass is 287 g/mol. The first-order chi connectivity index (χ1) is 9.61. The zero-order valence-corrected chi connectivity index (χ0v) is 12.4. The third kappa shape index (κ3) is 3.33. The van der Waals surface area contributed by atoms with Crippen molar-refractivity contribution in [2.75, 3.05) is 0 Å². The number of carbonyl (C=O) groups is 1. The first kappa shape index (κ1) is 14.5. The standard InChI is InChI=1S/C16H17NO2S/c1-3-6-13-14(9-10-15(18)19)20-16(17-13)12-8-5-4-7-11(12)2/h4-5,7-10H,3,6H2,1-2H3,(H,18,19)/b10-9+. The van der Waals surface area contributed by atoms with E-state index in [0.717, 1.165) is 34.0 Å². The molecule has 2 aromatic rings. The fourth-order valence-corrected chi connectivity index (χ4v) is 3.09. The van der Waals surface area contributed by atoms with Crippen LogP contribution in [0.4, 0.5) is 0 Å². The molecule has 0 atom stereocenters. The van der Waals surface area contributed by atoms with Crippen molar-refractivity contribution in [2.24, 2.45) is 0 Å². The summed E-state index contributed by atoms with van der Waals surface area (Å²) in [4.78, 5) is 16.3. The Hall–Kier alpha value is -1.94. The zero-order valence-electron chi connectivity index (χ0n) is 11.6. The molecule has 20 heavy (non-hydrogen) atoms. The van der Waals surface area contributed by atoms with Gasteiger partial charge in [0.15, 0.2) is 0 Å². The van der Waals surface area contributed by atoms with Crippen LogP contribution in [-0.2, 0) is 11.2 Å². The molecule has 3 nitrogen and oxygen atoms in total. The molecule has 1 heterocycles. The van der Waals surface area contributed by atoms with Crippen LogP contribution >= 0.6 is 11.3 Å². The fraction of sp³-hybridized carbons (Fsp3) is 0.250. The number of aliphatic carboxylic acids is 1. The van der Waals surface area contributed by atoms with Gasteiger partial charge in [0.05, 0.1) is 10.6 Å². The number of rotatable bonds is 5. The van der Waals surface area contributed by atoms with Crippen molar-refractivity contribution in [1.29, 1.82) is 0 Å². The lowest BCUT2D eigenvalue weighted by Crippen LogP contribution is -1.89. The van der Waals surface area contributed by atoms with Gasteiger partial charge in [-0.05, 0) is 25.0 Å². The minimum atomic E-state index is -0.932. The third-order valence-electron chi connectivity index (χ3n) is 2.97. The number of carboxylic acids is 1. The molecule has 0 fully saturated rings. The first-order valence-electron chi connectivity index (χ1n) is 6.58.